The van der Waals surface area contributed by atoms with Crippen molar-refractivity contribution in [3.8, 4) is 0 Å². The predicted octanol–water partition coefficient (Wildman–Crippen LogP) is 0.691. The summed E-state index contributed by atoms with van der Waals surface area (Å²) >= 11 is 4.09. The van der Waals surface area contributed by atoms with Gasteiger partial charge in [0, 0.05) is 0 Å². The Morgan fingerprint density at radius 3 is 2.20 bits per heavy atom. The molecule has 0 saturated carbocycles. The van der Waals surface area contributed by atoms with Crippen molar-refractivity contribution in [1.82, 2.24) is 0 Å². The van der Waals surface area contributed by atoms with Crippen LogP contribution in [0.2, 0.25) is 0 Å². The van der Waals surface area contributed by atoms with E-state index in [4.69, 9.17) is 18.6 Å². The van der Waals surface area contributed by atoms with Crippen molar-refractivity contribution in [2.24, 2.45) is 0 Å². The Labute approximate surface area is 101 Å². The minimum Gasteiger partial charge on any atom is -0.404 e. The standard InChI is InChI=1S/C9H22O4SSi/c1-7(10-5-4-6-14)11-8(2)12-9(3)13-15/h7-9,14H,4-6H2,1-3,15H3. The average Bonchev–Trinajstić information content (AvgIpc) is 2.17. The zero-order valence-electron chi connectivity index (χ0n) is 9.93. The molecule has 0 aliphatic carbocycles. The molecule has 4 nitrogen and oxygen atoms in total. The van der Waals surface area contributed by atoms with E-state index in [1.165, 1.54) is 0 Å². The smallest absolute Gasteiger partial charge is 0.161 e. The lowest BCUT2D eigenvalue weighted by atomic mass is 10.5. The summed E-state index contributed by atoms with van der Waals surface area (Å²) in [6.45, 7) is 6.18. The lowest BCUT2D eigenvalue weighted by molar-refractivity contribution is -0.265. The fourth-order valence-electron chi connectivity index (χ4n) is 0.981. The minimum absolute atomic E-state index is 0.212. The monoisotopic (exact) mass is 254 g/mol. The molecule has 0 spiro atoms. The van der Waals surface area contributed by atoms with Crippen molar-refractivity contribution in [2.45, 2.75) is 46.1 Å². The molecular formula is C9H22O4SSi. The summed E-state index contributed by atoms with van der Waals surface area (Å²) in [5.41, 5.74) is 0. The molecule has 0 aromatic heterocycles. The zero-order chi connectivity index (χ0) is 11.7. The lowest BCUT2D eigenvalue weighted by Gasteiger charge is -2.22. The van der Waals surface area contributed by atoms with Gasteiger partial charge in [-0.05, 0) is 32.9 Å². The molecule has 3 atom stereocenters. The second-order valence-corrected chi connectivity index (χ2v) is 4.08. The third-order valence-electron chi connectivity index (χ3n) is 1.75. The summed E-state index contributed by atoms with van der Waals surface area (Å²) < 4.78 is 21.3. The molecular weight excluding hydrogens is 232 g/mol. The van der Waals surface area contributed by atoms with Crippen LogP contribution in [0.15, 0.2) is 0 Å². The maximum absolute atomic E-state index is 5.44. The van der Waals surface area contributed by atoms with Crippen LogP contribution >= 0.6 is 12.6 Å². The summed E-state index contributed by atoms with van der Waals surface area (Å²) in [7, 11) is 0.659. The van der Waals surface area contributed by atoms with Gasteiger partial charge in [-0.2, -0.15) is 12.6 Å². The molecule has 0 N–H and O–H groups in total. The molecule has 0 fully saturated rings. The van der Waals surface area contributed by atoms with Gasteiger partial charge in [-0.25, -0.2) is 0 Å². The molecule has 0 aromatic rings. The van der Waals surface area contributed by atoms with Crippen molar-refractivity contribution in [3.63, 3.8) is 0 Å². The van der Waals surface area contributed by atoms with Gasteiger partial charge in [0.15, 0.2) is 12.6 Å². The van der Waals surface area contributed by atoms with Gasteiger partial charge in [-0.15, -0.1) is 0 Å². The lowest BCUT2D eigenvalue weighted by Crippen LogP contribution is -2.26. The predicted molar refractivity (Wildman–Crippen MR) is 66.0 cm³/mol. The van der Waals surface area contributed by atoms with Gasteiger partial charge in [0.1, 0.15) is 16.8 Å². The van der Waals surface area contributed by atoms with Crippen molar-refractivity contribution >= 4 is 23.1 Å². The van der Waals surface area contributed by atoms with Gasteiger partial charge in [-0.1, -0.05) is 0 Å². The van der Waals surface area contributed by atoms with Gasteiger partial charge in [-0.3, -0.25) is 0 Å². The molecule has 15 heavy (non-hydrogen) atoms. The Morgan fingerprint density at radius 1 is 1.07 bits per heavy atom. The normalized spacial score (nSPS) is 17.6. The maximum Gasteiger partial charge on any atom is 0.161 e. The number of hydrogen-bond acceptors (Lipinski definition) is 5. The van der Waals surface area contributed by atoms with E-state index in [9.17, 15) is 0 Å². The van der Waals surface area contributed by atoms with E-state index in [-0.39, 0.29) is 18.9 Å². The van der Waals surface area contributed by atoms with Crippen LogP contribution in [0.5, 0.6) is 0 Å². The van der Waals surface area contributed by atoms with Crippen molar-refractivity contribution < 1.29 is 18.6 Å². The van der Waals surface area contributed by atoms with Crippen LogP contribution in [0.25, 0.3) is 0 Å². The van der Waals surface area contributed by atoms with E-state index >= 15 is 0 Å². The summed E-state index contributed by atoms with van der Waals surface area (Å²) in [5, 5.41) is 0. The first-order valence-electron chi connectivity index (χ1n) is 5.16. The molecule has 3 unspecified atom stereocenters. The molecule has 0 aliphatic rings. The Hall–Kier alpha value is 0.407. The van der Waals surface area contributed by atoms with E-state index in [0.29, 0.717) is 17.1 Å². The van der Waals surface area contributed by atoms with Crippen LogP contribution in [-0.2, 0) is 18.6 Å². The summed E-state index contributed by atoms with van der Waals surface area (Å²) in [6.07, 6.45) is 0.129. The first kappa shape index (κ1) is 15.4. The molecule has 92 valence electrons. The molecule has 0 aromatic carbocycles. The number of hydrogen-bond donors (Lipinski definition) is 1. The first-order chi connectivity index (χ1) is 7.10. The second-order valence-electron chi connectivity index (χ2n) is 3.16. The number of ether oxygens (including phenoxy) is 3. The largest absolute Gasteiger partial charge is 0.404 e. The molecule has 0 amide bonds. The number of rotatable bonds is 9. The van der Waals surface area contributed by atoms with E-state index in [1.54, 1.807) is 0 Å². The van der Waals surface area contributed by atoms with Gasteiger partial charge < -0.3 is 18.6 Å². The molecule has 0 radical (unpaired) electrons. The van der Waals surface area contributed by atoms with Crippen LogP contribution in [0.3, 0.4) is 0 Å². The quantitative estimate of drug-likeness (QED) is 0.284. The van der Waals surface area contributed by atoms with Crippen molar-refractivity contribution in [1.29, 1.82) is 0 Å². The highest BCUT2D eigenvalue weighted by Gasteiger charge is 2.11. The molecule has 0 rings (SSSR count). The Kier molecular flexibility index (Phi) is 9.88. The fourth-order valence-corrected chi connectivity index (χ4v) is 1.22. The van der Waals surface area contributed by atoms with Gasteiger partial charge in [0.05, 0.1) is 6.61 Å². The SMILES string of the molecule is CC(O[SiH3])OC(C)OC(C)OCCCS. The molecule has 0 saturated heterocycles. The zero-order valence-corrected chi connectivity index (χ0v) is 12.8. The van der Waals surface area contributed by atoms with Gasteiger partial charge in [0.25, 0.3) is 0 Å². The Balaban J connectivity index is 3.52. The number of thiol groups is 1. The van der Waals surface area contributed by atoms with Crippen LogP contribution in [0, 0.1) is 0 Å². The maximum atomic E-state index is 5.44. The van der Waals surface area contributed by atoms with Crippen LogP contribution in [-0.4, -0.2) is 41.7 Å². The van der Waals surface area contributed by atoms with Crippen molar-refractivity contribution in [3.05, 3.63) is 0 Å². The van der Waals surface area contributed by atoms with Crippen LogP contribution in [0.4, 0.5) is 0 Å². The topological polar surface area (TPSA) is 36.9 Å². The fraction of sp³-hybridized carbons (Fsp3) is 1.00. The third-order valence-corrected chi connectivity index (χ3v) is 2.73. The average molecular weight is 254 g/mol. The summed E-state index contributed by atoms with van der Waals surface area (Å²) in [4.78, 5) is 0. The van der Waals surface area contributed by atoms with Crippen LogP contribution in [0.1, 0.15) is 27.2 Å². The Bertz CT molecular complexity index is 150. The van der Waals surface area contributed by atoms with E-state index in [2.05, 4.69) is 12.6 Å². The molecule has 6 heteroatoms. The minimum atomic E-state index is -0.319. The highest BCUT2D eigenvalue weighted by molar-refractivity contribution is 7.80. The van der Waals surface area contributed by atoms with Crippen molar-refractivity contribution in [2.75, 3.05) is 12.4 Å². The van der Waals surface area contributed by atoms with Crippen LogP contribution < -0.4 is 0 Å². The molecule has 0 heterocycles. The first-order valence-corrected chi connectivity index (χ1v) is 6.61. The second kappa shape index (κ2) is 9.62. The van der Waals surface area contributed by atoms with E-state index in [1.807, 2.05) is 20.8 Å². The summed E-state index contributed by atoms with van der Waals surface area (Å²) in [5.74, 6) is 0.824. The summed E-state index contributed by atoms with van der Waals surface area (Å²) in [6, 6.07) is 0. The van der Waals surface area contributed by atoms with Gasteiger partial charge >= 0.3 is 0 Å². The van der Waals surface area contributed by atoms with Gasteiger partial charge in [0.2, 0.25) is 0 Å². The third kappa shape index (κ3) is 9.34. The van der Waals surface area contributed by atoms with E-state index < -0.39 is 0 Å². The highest BCUT2D eigenvalue weighted by Crippen LogP contribution is 2.05. The Morgan fingerprint density at radius 2 is 1.67 bits per heavy atom. The molecule has 0 bridgehead atoms. The highest BCUT2D eigenvalue weighted by atomic mass is 32.1. The molecule has 0 aliphatic heterocycles. The van der Waals surface area contributed by atoms with E-state index in [0.717, 1.165) is 12.2 Å².